The van der Waals surface area contributed by atoms with Gasteiger partial charge in [0, 0.05) is 13.1 Å². The molecule has 2 heterocycles. The minimum Gasteiger partial charge on any atom is -0.444 e. The van der Waals surface area contributed by atoms with Gasteiger partial charge in [-0.25, -0.2) is 9.78 Å². The first kappa shape index (κ1) is 20.0. The maximum absolute atomic E-state index is 12.6. The van der Waals surface area contributed by atoms with Crippen LogP contribution in [0.5, 0.6) is 0 Å². The van der Waals surface area contributed by atoms with Crippen LogP contribution in [0.15, 0.2) is 18.3 Å². The van der Waals surface area contributed by atoms with Gasteiger partial charge in [0.2, 0.25) is 5.91 Å². The van der Waals surface area contributed by atoms with Crippen molar-refractivity contribution in [1.82, 2.24) is 10.3 Å². The Morgan fingerprint density at radius 2 is 1.85 bits per heavy atom. The fourth-order valence-corrected chi connectivity index (χ4v) is 2.80. The van der Waals surface area contributed by atoms with Crippen LogP contribution in [0.25, 0.3) is 0 Å². The maximum atomic E-state index is 12.6. The standard InChI is InChI=1S/C19H30N4O3/c1-13(2)16(22-18(25)26-19(3,4)5)17(24)21-15-9-8-14(12-20-15)23-10-6-7-11-23/h8-9,12-13,16H,6-7,10-11H2,1-5H3,(H,22,25)(H,20,21,24)/t16-/m0/s1. The zero-order chi connectivity index (χ0) is 19.3. The highest BCUT2D eigenvalue weighted by molar-refractivity contribution is 5.96. The van der Waals surface area contributed by atoms with Crippen molar-refractivity contribution in [3.05, 3.63) is 18.3 Å². The highest BCUT2D eigenvalue weighted by Gasteiger charge is 2.27. The van der Waals surface area contributed by atoms with Gasteiger partial charge >= 0.3 is 6.09 Å². The third-order valence-corrected chi connectivity index (χ3v) is 4.09. The van der Waals surface area contributed by atoms with E-state index >= 15 is 0 Å². The molecule has 1 aromatic rings. The molecule has 0 radical (unpaired) electrons. The van der Waals surface area contributed by atoms with E-state index in [9.17, 15) is 9.59 Å². The Morgan fingerprint density at radius 3 is 2.35 bits per heavy atom. The molecule has 26 heavy (non-hydrogen) atoms. The lowest BCUT2D eigenvalue weighted by atomic mass is 10.0. The number of hydrogen-bond donors (Lipinski definition) is 2. The van der Waals surface area contributed by atoms with Crippen LogP contribution >= 0.6 is 0 Å². The predicted molar refractivity (Wildman–Crippen MR) is 102 cm³/mol. The summed E-state index contributed by atoms with van der Waals surface area (Å²) in [6.07, 6.45) is 3.56. The SMILES string of the molecule is CC(C)[C@H](NC(=O)OC(C)(C)C)C(=O)Nc1ccc(N2CCCC2)cn1. The van der Waals surface area contributed by atoms with E-state index in [2.05, 4.69) is 20.5 Å². The van der Waals surface area contributed by atoms with Crippen LogP contribution in [-0.4, -0.2) is 41.7 Å². The lowest BCUT2D eigenvalue weighted by Gasteiger charge is -2.25. The normalized spacial score (nSPS) is 15.7. The van der Waals surface area contributed by atoms with Crippen LogP contribution in [0, 0.1) is 5.92 Å². The molecule has 1 aliphatic heterocycles. The van der Waals surface area contributed by atoms with Gasteiger partial charge in [0.1, 0.15) is 17.5 Å². The first-order valence-corrected chi connectivity index (χ1v) is 9.17. The third-order valence-electron chi connectivity index (χ3n) is 4.09. The molecule has 2 rings (SSSR count). The molecule has 0 spiro atoms. The van der Waals surface area contributed by atoms with Crippen molar-refractivity contribution in [2.45, 2.75) is 59.1 Å². The van der Waals surface area contributed by atoms with Gasteiger partial charge in [0.25, 0.3) is 0 Å². The van der Waals surface area contributed by atoms with Crippen molar-refractivity contribution in [3.8, 4) is 0 Å². The van der Waals surface area contributed by atoms with Crippen LogP contribution in [-0.2, 0) is 9.53 Å². The van der Waals surface area contributed by atoms with E-state index in [0.717, 1.165) is 18.8 Å². The van der Waals surface area contributed by atoms with E-state index in [4.69, 9.17) is 4.74 Å². The topological polar surface area (TPSA) is 83.6 Å². The highest BCUT2D eigenvalue weighted by atomic mass is 16.6. The molecule has 0 bridgehead atoms. The zero-order valence-corrected chi connectivity index (χ0v) is 16.3. The number of anilines is 2. The Labute approximate surface area is 155 Å². The largest absolute Gasteiger partial charge is 0.444 e. The number of alkyl carbamates (subject to hydrolysis) is 1. The predicted octanol–water partition coefficient (Wildman–Crippen LogP) is 3.17. The summed E-state index contributed by atoms with van der Waals surface area (Å²) in [4.78, 5) is 31.2. The fraction of sp³-hybridized carbons (Fsp3) is 0.632. The van der Waals surface area contributed by atoms with Crippen molar-refractivity contribution in [1.29, 1.82) is 0 Å². The van der Waals surface area contributed by atoms with E-state index in [-0.39, 0.29) is 11.8 Å². The van der Waals surface area contributed by atoms with E-state index < -0.39 is 17.7 Å². The van der Waals surface area contributed by atoms with Gasteiger partial charge in [-0.1, -0.05) is 13.8 Å². The molecule has 144 valence electrons. The number of amides is 2. The molecular formula is C19H30N4O3. The minimum atomic E-state index is -0.704. The molecule has 1 aliphatic rings. The molecule has 1 aromatic heterocycles. The summed E-state index contributed by atoms with van der Waals surface area (Å²) < 4.78 is 5.24. The molecular weight excluding hydrogens is 332 g/mol. The summed E-state index contributed by atoms with van der Waals surface area (Å²) >= 11 is 0. The monoisotopic (exact) mass is 362 g/mol. The maximum Gasteiger partial charge on any atom is 0.408 e. The average Bonchev–Trinajstić information content (AvgIpc) is 3.05. The number of carbonyl (C=O) groups excluding carboxylic acids is 2. The van der Waals surface area contributed by atoms with E-state index in [0.29, 0.717) is 5.82 Å². The summed E-state index contributed by atoms with van der Waals surface area (Å²) in [6, 6.07) is 3.04. The van der Waals surface area contributed by atoms with E-state index in [1.165, 1.54) is 12.8 Å². The minimum absolute atomic E-state index is 0.0913. The smallest absolute Gasteiger partial charge is 0.408 e. The second kappa shape index (κ2) is 8.38. The molecule has 0 unspecified atom stereocenters. The summed E-state index contributed by atoms with van der Waals surface area (Å²) in [5.74, 6) is 0.0632. The Balaban J connectivity index is 1.97. The lowest BCUT2D eigenvalue weighted by Crippen LogP contribution is -2.48. The average molecular weight is 362 g/mol. The van der Waals surface area contributed by atoms with Gasteiger partial charge in [-0.2, -0.15) is 0 Å². The molecule has 0 saturated carbocycles. The van der Waals surface area contributed by atoms with Crippen molar-refractivity contribution in [3.63, 3.8) is 0 Å². The molecule has 0 aliphatic carbocycles. The fourth-order valence-electron chi connectivity index (χ4n) is 2.80. The lowest BCUT2D eigenvalue weighted by molar-refractivity contribution is -0.119. The van der Waals surface area contributed by atoms with Gasteiger partial charge < -0.3 is 20.3 Å². The number of nitrogens with one attached hydrogen (secondary N) is 2. The van der Waals surface area contributed by atoms with Gasteiger partial charge in [0.05, 0.1) is 11.9 Å². The Bertz CT molecular complexity index is 617. The van der Waals surface area contributed by atoms with Crippen LogP contribution in [0.3, 0.4) is 0 Å². The number of nitrogens with zero attached hydrogens (tertiary/aromatic N) is 2. The quantitative estimate of drug-likeness (QED) is 0.840. The number of ether oxygens (including phenoxy) is 1. The Morgan fingerprint density at radius 1 is 1.19 bits per heavy atom. The first-order chi connectivity index (χ1) is 12.2. The molecule has 7 nitrogen and oxygen atoms in total. The molecule has 1 fully saturated rings. The Kier molecular flexibility index (Phi) is 6.45. The second-order valence-electron chi connectivity index (χ2n) is 7.95. The number of rotatable bonds is 5. The Hall–Kier alpha value is -2.31. The van der Waals surface area contributed by atoms with Crippen molar-refractivity contribution in [2.24, 2.45) is 5.92 Å². The third kappa shape index (κ3) is 5.89. The summed E-state index contributed by atoms with van der Waals surface area (Å²) in [5, 5.41) is 5.41. The molecule has 1 atom stereocenters. The van der Waals surface area contributed by atoms with E-state index in [1.807, 2.05) is 19.9 Å². The summed E-state index contributed by atoms with van der Waals surface area (Å²) in [6.45, 7) is 11.2. The molecule has 2 N–H and O–H groups in total. The summed E-state index contributed by atoms with van der Waals surface area (Å²) in [7, 11) is 0. The number of aromatic nitrogens is 1. The number of carbonyl (C=O) groups is 2. The van der Waals surface area contributed by atoms with Crippen LogP contribution in [0.4, 0.5) is 16.3 Å². The number of pyridine rings is 1. The first-order valence-electron chi connectivity index (χ1n) is 9.17. The number of hydrogen-bond acceptors (Lipinski definition) is 5. The van der Waals surface area contributed by atoms with Crippen LogP contribution in [0.1, 0.15) is 47.5 Å². The zero-order valence-electron chi connectivity index (χ0n) is 16.3. The van der Waals surface area contributed by atoms with E-state index in [1.54, 1.807) is 33.0 Å². The van der Waals surface area contributed by atoms with Gasteiger partial charge in [-0.3, -0.25) is 4.79 Å². The second-order valence-corrected chi connectivity index (χ2v) is 7.95. The molecule has 1 saturated heterocycles. The van der Waals surface area contributed by atoms with Crippen LogP contribution < -0.4 is 15.5 Å². The summed E-state index contributed by atoms with van der Waals surface area (Å²) in [5.41, 5.74) is 0.447. The van der Waals surface area contributed by atoms with Gasteiger partial charge in [-0.05, 0) is 51.7 Å². The molecule has 0 aromatic carbocycles. The highest BCUT2D eigenvalue weighted by Crippen LogP contribution is 2.20. The molecule has 2 amide bonds. The van der Waals surface area contributed by atoms with Gasteiger partial charge in [-0.15, -0.1) is 0 Å². The van der Waals surface area contributed by atoms with Gasteiger partial charge in [0.15, 0.2) is 0 Å². The van der Waals surface area contributed by atoms with Crippen molar-refractivity contribution >= 4 is 23.5 Å². The van der Waals surface area contributed by atoms with Crippen LogP contribution in [0.2, 0.25) is 0 Å². The molecule has 7 heteroatoms. The van der Waals surface area contributed by atoms with Crippen molar-refractivity contribution < 1.29 is 14.3 Å². The van der Waals surface area contributed by atoms with Crippen molar-refractivity contribution in [2.75, 3.05) is 23.3 Å².